The maximum absolute atomic E-state index is 12.8. The number of imide groups is 2. The lowest BCUT2D eigenvalue weighted by molar-refractivity contribution is -0.136. The molecule has 1 fully saturated rings. The molecule has 0 saturated carbocycles. The smallest absolute Gasteiger partial charge is 0.266 e. The van der Waals surface area contributed by atoms with Gasteiger partial charge in [0, 0.05) is 6.42 Å². The summed E-state index contributed by atoms with van der Waals surface area (Å²) in [5.74, 6) is -1.81. The number of carbonyl (C=O) groups is 4. The third-order valence-electron chi connectivity index (χ3n) is 4.29. The zero-order valence-corrected chi connectivity index (χ0v) is 13.6. The molecule has 0 spiro atoms. The van der Waals surface area contributed by atoms with E-state index in [1.807, 2.05) is 0 Å². The molecule has 0 aromatic heterocycles. The highest BCUT2D eigenvalue weighted by Gasteiger charge is 2.45. The number of piperidine rings is 1. The first kappa shape index (κ1) is 17.1. The highest BCUT2D eigenvalue weighted by molar-refractivity contribution is 6.24. The summed E-state index contributed by atoms with van der Waals surface area (Å²) in [5.41, 5.74) is 5.82. The van der Waals surface area contributed by atoms with E-state index in [4.69, 9.17) is 10.5 Å². The van der Waals surface area contributed by atoms with Crippen molar-refractivity contribution >= 4 is 23.6 Å². The molecule has 8 nitrogen and oxygen atoms in total. The standard InChI is InChI=1S/C17H19N3O5/c18-8-1-2-9-25-12-5-3-4-10-14(12)17(24)20(16(10)23)11-6-7-13(21)19-15(11)22/h3-5,11H,1-2,6-9,18H2,(H,19,21,22). The topological polar surface area (TPSA) is 119 Å². The number of hydrogen-bond acceptors (Lipinski definition) is 6. The molecule has 1 atom stereocenters. The molecule has 1 aromatic rings. The Bertz CT molecular complexity index is 746. The molecule has 1 aromatic carbocycles. The van der Waals surface area contributed by atoms with Crippen LogP contribution in [0.1, 0.15) is 46.4 Å². The lowest BCUT2D eigenvalue weighted by Crippen LogP contribution is -2.54. The van der Waals surface area contributed by atoms with Gasteiger partial charge in [-0.3, -0.25) is 29.4 Å². The molecule has 0 aliphatic carbocycles. The first-order valence-corrected chi connectivity index (χ1v) is 8.22. The predicted molar refractivity (Wildman–Crippen MR) is 86.9 cm³/mol. The van der Waals surface area contributed by atoms with Gasteiger partial charge in [-0.15, -0.1) is 0 Å². The summed E-state index contributed by atoms with van der Waals surface area (Å²) in [5, 5.41) is 2.17. The van der Waals surface area contributed by atoms with Crippen LogP contribution in [-0.2, 0) is 9.59 Å². The zero-order chi connectivity index (χ0) is 18.0. The fraction of sp³-hybridized carbons (Fsp3) is 0.412. The first-order valence-electron chi connectivity index (χ1n) is 8.22. The van der Waals surface area contributed by atoms with Crippen molar-refractivity contribution in [3.05, 3.63) is 29.3 Å². The van der Waals surface area contributed by atoms with Crippen molar-refractivity contribution in [2.45, 2.75) is 31.7 Å². The van der Waals surface area contributed by atoms with Crippen LogP contribution < -0.4 is 15.8 Å². The molecule has 0 bridgehead atoms. The van der Waals surface area contributed by atoms with Crippen molar-refractivity contribution in [1.82, 2.24) is 10.2 Å². The van der Waals surface area contributed by atoms with Crippen molar-refractivity contribution in [1.29, 1.82) is 0 Å². The lowest BCUT2D eigenvalue weighted by Gasteiger charge is -2.27. The Hall–Kier alpha value is -2.74. The Labute approximate surface area is 144 Å². The van der Waals surface area contributed by atoms with Crippen molar-refractivity contribution in [3.63, 3.8) is 0 Å². The fourth-order valence-electron chi connectivity index (χ4n) is 3.03. The van der Waals surface area contributed by atoms with Gasteiger partial charge in [0.2, 0.25) is 11.8 Å². The Morgan fingerprint density at radius 3 is 2.68 bits per heavy atom. The van der Waals surface area contributed by atoms with E-state index < -0.39 is 29.7 Å². The van der Waals surface area contributed by atoms with E-state index in [9.17, 15) is 19.2 Å². The lowest BCUT2D eigenvalue weighted by atomic mass is 10.0. The Morgan fingerprint density at radius 1 is 1.16 bits per heavy atom. The number of unbranched alkanes of at least 4 members (excludes halogenated alkanes) is 1. The van der Waals surface area contributed by atoms with Crippen LogP contribution in [0.3, 0.4) is 0 Å². The molecule has 2 aliphatic heterocycles. The van der Waals surface area contributed by atoms with Crippen molar-refractivity contribution in [2.75, 3.05) is 13.2 Å². The van der Waals surface area contributed by atoms with Gasteiger partial charge in [0.15, 0.2) is 0 Å². The summed E-state index contributed by atoms with van der Waals surface area (Å²) in [6.07, 6.45) is 1.75. The second-order valence-corrected chi connectivity index (χ2v) is 5.97. The highest BCUT2D eigenvalue weighted by atomic mass is 16.5. The number of rotatable bonds is 6. The summed E-state index contributed by atoms with van der Waals surface area (Å²) in [7, 11) is 0. The van der Waals surface area contributed by atoms with Gasteiger partial charge in [-0.1, -0.05) is 6.07 Å². The fourth-order valence-corrected chi connectivity index (χ4v) is 3.03. The number of nitrogens with zero attached hydrogens (tertiary/aromatic N) is 1. The summed E-state index contributed by atoms with van der Waals surface area (Å²) in [6, 6.07) is 3.82. The minimum atomic E-state index is -0.977. The zero-order valence-electron chi connectivity index (χ0n) is 13.6. The molecule has 0 radical (unpaired) electrons. The predicted octanol–water partition coefficient (Wildman–Crippen LogP) is 0.205. The number of hydrogen-bond donors (Lipinski definition) is 2. The van der Waals surface area contributed by atoms with Gasteiger partial charge in [0.25, 0.3) is 11.8 Å². The maximum Gasteiger partial charge on any atom is 0.266 e. The molecule has 1 unspecified atom stereocenters. The number of carbonyl (C=O) groups excluding carboxylic acids is 4. The largest absolute Gasteiger partial charge is 0.493 e. The third kappa shape index (κ3) is 3.12. The number of fused-ring (bicyclic) bond motifs is 1. The number of ether oxygens (including phenoxy) is 1. The number of amides is 4. The van der Waals surface area contributed by atoms with Crippen LogP contribution in [0.4, 0.5) is 0 Å². The van der Waals surface area contributed by atoms with Gasteiger partial charge in [-0.05, 0) is 37.9 Å². The van der Waals surface area contributed by atoms with Crippen LogP contribution in [0.25, 0.3) is 0 Å². The minimum Gasteiger partial charge on any atom is -0.493 e. The molecule has 2 heterocycles. The number of nitrogens with two attached hydrogens (primary N) is 1. The quantitative estimate of drug-likeness (QED) is 0.562. The summed E-state index contributed by atoms with van der Waals surface area (Å²) in [4.78, 5) is 49.7. The molecular weight excluding hydrogens is 326 g/mol. The summed E-state index contributed by atoms with van der Waals surface area (Å²) >= 11 is 0. The molecule has 1 saturated heterocycles. The van der Waals surface area contributed by atoms with Gasteiger partial charge in [0.1, 0.15) is 11.8 Å². The SMILES string of the molecule is NCCCCOc1cccc2c1C(=O)N(C1CCC(=O)NC1=O)C2=O. The second kappa shape index (κ2) is 7.02. The van der Waals surface area contributed by atoms with Crippen LogP contribution in [0.5, 0.6) is 5.75 Å². The van der Waals surface area contributed by atoms with E-state index in [2.05, 4.69) is 5.32 Å². The van der Waals surface area contributed by atoms with Gasteiger partial charge in [-0.25, -0.2) is 0 Å². The van der Waals surface area contributed by atoms with E-state index >= 15 is 0 Å². The van der Waals surface area contributed by atoms with Crippen LogP contribution in [0.15, 0.2) is 18.2 Å². The minimum absolute atomic E-state index is 0.0895. The van der Waals surface area contributed by atoms with E-state index in [0.29, 0.717) is 18.9 Å². The average molecular weight is 345 g/mol. The number of benzene rings is 1. The average Bonchev–Trinajstić information content (AvgIpc) is 2.84. The number of nitrogens with one attached hydrogen (secondary N) is 1. The van der Waals surface area contributed by atoms with Crippen molar-refractivity contribution in [2.24, 2.45) is 5.73 Å². The third-order valence-corrected chi connectivity index (χ3v) is 4.29. The maximum atomic E-state index is 12.8. The Morgan fingerprint density at radius 2 is 1.96 bits per heavy atom. The van der Waals surface area contributed by atoms with Crippen molar-refractivity contribution in [3.8, 4) is 5.75 Å². The van der Waals surface area contributed by atoms with E-state index in [1.165, 1.54) is 6.07 Å². The van der Waals surface area contributed by atoms with Crippen LogP contribution in [0.2, 0.25) is 0 Å². The monoisotopic (exact) mass is 345 g/mol. The first-order chi connectivity index (χ1) is 12.0. The van der Waals surface area contributed by atoms with Crippen LogP contribution in [-0.4, -0.2) is 47.7 Å². The molecule has 132 valence electrons. The molecule has 25 heavy (non-hydrogen) atoms. The molecule has 2 aliphatic rings. The molecule has 3 N–H and O–H groups in total. The normalized spacial score (nSPS) is 19.9. The Kier molecular flexibility index (Phi) is 4.80. The highest BCUT2D eigenvalue weighted by Crippen LogP contribution is 2.33. The molecule has 3 rings (SSSR count). The van der Waals surface area contributed by atoms with Gasteiger partial charge in [-0.2, -0.15) is 0 Å². The Balaban J connectivity index is 1.84. The van der Waals surface area contributed by atoms with Gasteiger partial charge in [0.05, 0.1) is 17.7 Å². The van der Waals surface area contributed by atoms with Gasteiger partial charge >= 0.3 is 0 Å². The van der Waals surface area contributed by atoms with E-state index in [1.54, 1.807) is 12.1 Å². The second-order valence-electron chi connectivity index (χ2n) is 5.97. The van der Waals surface area contributed by atoms with E-state index in [-0.39, 0.29) is 24.0 Å². The van der Waals surface area contributed by atoms with Gasteiger partial charge < -0.3 is 10.5 Å². The van der Waals surface area contributed by atoms with Crippen LogP contribution >= 0.6 is 0 Å². The summed E-state index contributed by atoms with van der Waals surface area (Å²) < 4.78 is 5.64. The molecule has 4 amide bonds. The van der Waals surface area contributed by atoms with E-state index in [0.717, 1.165) is 17.7 Å². The van der Waals surface area contributed by atoms with Crippen molar-refractivity contribution < 1.29 is 23.9 Å². The molecule has 8 heteroatoms. The summed E-state index contributed by atoms with van der Waals surface area (Å²) in [6.45, 7) is 0.935. The molecular formula is C17H19N3O5. The van der Waals surface area contributed by atoms with Crippen LogP contribution in [0, 0.1) is 0 Å².